The summed E-state index contributed by atoms with van der Waals surface area (Å²) in [6, 6.07) is 8.77. The number of alkyl carbamates (subject to hydrolysis) is 1. The maximum atomic E-state index is 11.5. The van der Waals surface area contributed by atoms with Gasteiger partial charge < -0.3 is 15.4 Å². The predicted octanol–water partition coefficient (Wildman–Crippen LogP) is 1.83. The molecule has 0 unspecified atom stereocenters. The molecule has 1 atom stereocenters. The molecule has 1 aromatic carbocycles. The number of amides is 2. The Morgan fingerprint density at radius 3 is 2.58 bits per heavy atom. The third-order valence-corrected chi connectivity index (χ3v) is 2.49. The number of carbonyl (C=O) groups is 2. The SMILES string of the molecule is CCCNC(=O)[C@H](C)NC(=O)OCc1ccccc1. The molecule has 0 aliphatic rings. The second kappa shape index (κ2) is 8.13. The monoisotopic (exact) mass is 264 g/mol. The highest BCUT2D eigenvalue weighted by atomic mass is 16.5. The van der Waals surface area contributed by atoms with Crippen molar-refractivity contribution in [2.75, 3.05) is 6.54 Å². The first-order valence-electron chi connectivity index (χ1n) is 6.38. The highest BCUT2D eigenvalue weighted by Crippen LogP contribution is 2.00. The van der Waals surface area contributed by atoms with Gasteiger partial charge in [-0.25, -0.2) is 4.79 Å². The van der Waals surface area contributed by atoms with E-state index >= 15 is 0 Å². The molecule has 2 N–H and O–H groups in total. The summed E-state index contributed by atoms with van der Waals surface area (Å²) in [5, 5.41) is 5.19. The van der Waals surface area contributed by atoms with Crippen LogP contribution in [0.3, 0.4) is 0 Å². The van der Waals surface area contributed by atoms with Crippen molar-refractivity contribution in [3.05, 3.63) is 35.9 Å². The van der Waals surface area contributed by atoms with E-state index in [9.17, 15) is 9.59 Å². The summed E-state index contributed by atoms with van der Waals surface area (Å²) in [6.45, 7) is 4.38. The van der Waals surface area contributed by atoms with E-state index in [1.807, 2.05) is 37.3 Å². The average molecular weight is 264 g/mol. The van der Waals surface area contributed by atoms with Gasteiger partial charge in [0.2, 0.25) is 5.91 Å². The van der Waals surface area contributed by atoms with E-state index < -0.39 is 12.1 Å². The fourth-order valence-corrected chi connectivity index (χ4v) is 1.41. The van der Waals surface area contributed by atoms with E-state index in [1.165, 1.54) is 0 Å². The molecule has 0 bridgehead atoms. The molecule has 0 saturated carbocycles. The number of nitrogens with one attached hydrogen (secondary N) is 2. The van der Waals surface area contributed by atoms with E-state index in [4.69, 9.17) is 4.74 Å². The molecular formula is C14H20N2O3. The third kappa shape index (κ3) is 5.90. The minimum Gasteiger partial charge on any atom is -0.445 e. The van der Waals surface area contributed by atoms with Crippen LogP contribution in [-0.4, -0.2) is 24.6 Å². The molecule has 0 saturated heterocycles. The summed E-state index contributed by atoms with van der Waals surface area (Å²) in [6.07, 6.45) is 0.264. The van der Waals surface area contributed by atoms with Gasteiger partial charge in [-0.15, -0.1) is 0 Å². The molecule has 0 aliphatic carbocycles. The van der Waals surface area contributed by atoms with Crippen molar-refractivity contribution in [3.63, 3.8) is 0 Å². The summed E-state index contributed by atoms with van der Waals surface area (Å²) < 4.78 is 5.02. The van der Waals surface area contributed by atoms with Crippen LogP contribution in [0.2, 0.25) is 0 Å². The maximum Gasteiger partial charge on any atom is 0.408 e. The summed E-state index contributed by atoms with van der Waals surface area (Å²) in [7, 11) is 0. The first-order valence-corrected chi connectivity index (χ1v) is 6.38. The Bertz CT molecular complexity index is 406. The first-order chi connectivity index (χ1) is 9.13. The van der Waals surface area contributed by atoms with Crippen LogP contribution in [0.25, 0.3) is 0 Å². The summed E-state index contributed by atoms with van der Waals surface area (Å²) >= 11 is 0. The lowest BCUT2D eigenvalue weighted by Crippen LogP contribution is -2.45. The highest BCUT2D eigenvalue weighted by Gasteiger charge is 2.15. The average Bonchev–Trinajstić information content (AvgIpc) is 2.43. The van der Waals surface area contributed by atoms with Crippen LogP contribution in [0.1, 0.15) is 25.8 Å². The molecule has 19 heavy (non-hydrogen) atoms. The van der Waals surface area contributed by atoms with Gasteiger partial charge in [0.1, 0.15) is 12.6 Å². The molecule has 0 radical (unpaired) electrons. The fourth-order valence-electron chi connectivity index (χ4n) is 1.41. The van der Waals surface area contributed by atoms with Crippen LogP contribution in [0.4, 0.5) is 4.79 Å². The lowest BCUT2D eigenvalue weighted by Gasteiger charge is -2.13. The van der Waals surface area contributed by atoms with Crippen molar-refractivity contribution in [1.82, 2.24) is 10.6 Å². The Morgan fingerprint density at radius 2 is 1.95 bits per heavy atom. The zero-order valence-corrected chi connectivity index (χ0v) is 11.3. The van der Waals surface area contributed by atoms with E-state index in [2.05, 4.69) is 10.6 Å². The lowest BCUT2D eigenvalue weighted by molar-refractivity contribution is -0.122. The van der Waals surface area contributed by atoms with Gasteiger partial charge >= 0.3 is 6.09 Å². The predicted molar refractivity (Wildman–Crippen MR) is 72.5 cm³/mol. The van der Waals surface area contributed by atoms with Crippen molar-refractivity contribution in [3.8, 4) is 0 Å². The molecular weight excluding hydrogens is 244 g/mol. The smallest absolute Gasteiger partial charge is 0.408 e. The van der Waals surface area contributed by atoms with Gasteiger partial charge in [-0.3, -0.25) is 4.79 Å². The molecule has 1 rings (SSSR count). The molecule has 5 heteroatoms. The number of rotatable bonds is 6. The van der Waals surface area contributed by atoms with Gasteiger partial charge in [0, 0.05) is 6.54 Å². The fraction of sp³-hybridized carbons (Fsp3) is 0.429. The van der Waals surface area contributed by atoms with Crippen molar-refractivity contribution in [2.24, 2.45) is 0 Å². The molecule has 0 aliphatic heterocycles. The van der Waals surface area contributed by atoms with Gasteiger partial charge in [0.05, 0.1) is 0 Å². The molecule has 0 spiro atoms. The van der Waals surface area contributed by atoms with Crippen molar-refractivity contribution in [2.45, 2.75) is 32.9 Å². The van der Waals surface area contributed by atoms with Crippen LogP contribution >= 0.6 is 0 Å². The van der Waals surface area contributed by atoms with Crippen LogP contribution in [0.5, 0.6) is 0 Å². The van der Waals surface area contributed by atoms with Gasteiger partial charge in [-0.1, -0.05) is 37.3 Å². The van der Waals surface area contributed by atoms with E-state index in [-0.39, 0.29) is 12.5 Å². The molecule has 1 aromatic rings. The zero-order valence-electron chi connectivity index (χ0n) is 11.3. The van der Waals surface area contributed by atoms with Crippen LogP contribution in [0, 0.1) is 0 Å². The van der Waals surface area contributed by atoms with Crippen LogP contribution < -0.4 is 10.6 Å². The number of ether oxygens (including phenoxy) is 1. The number of benzene rings is 1. The highest BCUT2D eigenvalue weighted by molar-refractivity contribution is 5.85. The summed E-state index contributed by atoms with van der Waals surface area (Å²) in [5.41, 5.74) is 0.903. The van der Waals surface area contributed by atoms with Crippen LogP contribution in [-0.2, 0) is 16.1 Å². The van der Waals surface area contributed by atoms with Gasteiger partial charge in [0.15, 0.2) is 0 Å². The molecule has 104 valence electrons. The standard InChI is InChI=1S/C14H20N2O3/c1-3-9-15-13(17)11(2)16-14(18)19-10-12-7-5-4-6-8-12/h4-8,11H,3,9-10H2,1-2H3,(H,15,17)(H,16,18)/t11-/m0/s1. The Labute approximate surface area is 113 Å². The first kappa shape index (κ1) is 15.0. The maximum absolute atomic E-state index is 11.5. The topological polar surface area (TPSA) is 67.4 Å². The molecule has 5 nitrogen and oxygen atoms in total. The summed E-state index contributed by atoms with van der Waals surface area (Å²) in [5.74, 6) is -0.210. The van der Waals surface area contributed by atoms with Gasteiger partial charge in [0.25, 0.3) is 0 Å². The summed E-state index contributed by atoms with van der Waals surface area (Å²) in [4.78, 5) is 23.0. The van der Waals surface area contributed by atoms with E-state index in [0.29, 0.717) is 6.54 Å². The minimum atomic E-state index is -0.602. The number of hydrogen-bond acceptors (Lipinski definition) is 3. The third-order valence-electron chi connectivity index (χ3n) is 2.49. The molecule has 0 heterocycles. The van der Waals surface area contributed by atoms with E-state index in [0.717, 1.165) is 12.0 Å². The number of hydrogen-bond donors (Lipinski definition) is 2. The zero-order chi connectivity index (χ0) is 14.1. The Balaban J connectivity index is 2.29. The Kier molecular flexibility index (Phi) is 6.43. The molecule has 0 aromatic heterocycles. The van der Waals surface area contributed by atoms with Gasteiger partial charge in [-0.05, 0) is 18.9 Å². The molecule has 2 amide bonds. The quantitative estimate of drug-likeness (QED) is 0.823. The normalized spacial score (nSPS) is 11.5. The Hall–Kier alpha value is -2.04. The van der Waals surface area contributed by atoms with Gasteiger partial charge in [-0.2, -0.15) is 0 Å². The van der Waals surface area contributed by atoms with Crippen molar-refractivity contribution in [1.29, 1.82) is 0 Å². The second-order valence-corrected chi connectivity index (χ2v) is 4.22. The largest absolute Gasteiger partial charge is 0.445 e. The molecule has 0 fully saturated rings. The minimum absolute atomic E-state index is 0.190. The second-order valence-electron chi connectivity index (χ2n) is 4.22. The Morgan fingerprint density at radius 1 is 1.26 bits per heavy atom. The van der Waals surface area contributed by atoms with Crippen molar-refractivity contribution < 1.29 is 14.3 Å². The van der Waals surface area contributed by atoms with Crippen molar-refractivity contribution >= 4 is 12.0 Å². The lowest BCUT2D eigenvalue weighted by atomic mass is 10.2. The number of carbonyl (C=O) groups excluding carboxylic acids is 2. The van der Waals surface area contributed by atoms with E-state index in [1.54, 1.807) is 6.92 Å². The van der Waals surface area contributed by atoms with Crippen LogP contribution in [0.15, 0.2) is 30.3 Å².